The molecular formula is C13H13NO5. The van der Waals surface area contributed by atoms with Crippen LogP contribution in [0.25, 0.3) is 0 Å². The van der Waals surface area contributed by atoms with E-state index < -0.39 is 30.0 Å². The first kappa shape index (κ1) is 13.1. The number of nitrogens with one attached hydrogen (secondary N) is 1. The molecule has 1 aromatic rings. The third-order valence-corrected chi connectivity index (χ3v) is 2.96. The van der Waals surface area contributed by atoms with Gasteiger partial charge in [0.2, 0.25) is 0 Å². The number of benzene rings is 1. The predicted octanol–water partition coefficient (Wildman–Crippen LogP) is 0.955. The molecule has 1 heterocycles. The lowest BCUT2D eigenvalue weighted by atomic mass is 9.91. The van der Waals surface area contributed by atoms with Gasteiger partial charge in [0.05, 0.1) is 5.92 Å². The lowest BCUT2D eigenvalue weighted by Gasteiger charge is -2.26. The van der Waals surface area contributed by atoms with Crippen molar-refractivity contribution in [3.8, 4) is 0 Å². The zero-order valence-electron chi connectivity index (χ0n) is 10.0. The summed E-state index contributed by atoms with van der Waals surface area (Å²) in [4.78, 5) is 33.5. The fourth-order valence-corrected chi connectivity index (χ4v) is 2.06. The molecule has 6 nitrogen and oxygen atoms in total. The molecule has 1 unspecified atom stereocenters. The topological polar surface area (TPSA) is 92.7 Å². The van der Waals surface area contributed by atoms with Crippen molar-refractivity contribution in [1.29, 1.82) is 0 Å². The van der Waals surface area contributed by atoms with E-state index in [1.807, 2.05) is 30.3 Å². The summed E-state index contributed by atoms with van der Waals surface area (Å²) in [6.45, 7) is 0. The number of amides is 1. The van der Waals surface area contributed by atoms with E-state index in [1.165, 1.54) is 0 Å². The molecule has 0 spiro atoms. The fourth-order valence-electron chi connectivity index (χ4n) is 2.06. The fraction of sp³-hybridized carbons (Fsp3) is 0.308. The third-order valence-electron chi connectivity index (χ3n) is 2.96. The van der Waals surface area contributed by atoms with Gasteiger partial charge in [0.1, 0.15) is 6.04 Å². The Labute approximate surface area is 109 Å². The maximum atomic E-state index is 11.6. The smallest absolute Gasteiger partial charge is 0.405 e. The van der Waals surface area contributed by atoms with E-state index in [4.69, 9.17) is 5.11 Å². The van der Waals surface area contributed by atoms with Crippen molar-refractivity contribution < 1.29 is 24.2 Å². The summed E-state index contributed by atoms with van der Waals surface area (Å²) < 4.78 is 4.58. The normalized spacial score (nSPS) is 22.7. The molecule has 0 radical (unpaired) electrons. The van der Waals surface area contributed by atoms with Gasteiger partial charge in [0.25, 0.3) is 0 Å². The van der Waals surface area contributed by atoms with Gasteiger partial charge >= 0.3 is 18.0 Å². The van der Waals surface area contributed by atoms with Crippen molar-refractivity contribution >= 4 is 18.0 Å². The largest absolute Gasteiger partial charge is 0.465 e. The number of carbonyl (C=O) groups is 3. The zero-order valence-corrected chi connectivity index (χ0v) is 10.0. The first-order chi connectivity index (χ1) is 9.06. The second-order valence-corrected chi connectivity index (χ2v) is 4.36. The van der Waals surface area contributed by atoms with Crippen molar-refractivity contribution in [1.82, 2.24) is 5.32 Å². The number of carbonyl (C=O) groups excluding carboxylic acids is 2. The molecule has 1 aromatic carbocycles. The van der Waals surface area contributed by atoms with Crippen LogP contribution in [0.4, 0.5) is 4.79 Å². The quantitative estimate of drug-likeness (QED) is 0.625. The number of ether oxygens (including phenoxy) is 1. The molecule has 1 amide bonds. The maximum absolute atomic E-state index is 11.6. The average Bonchev–Trinajstić information content (AvgIpc) is 2.36. The number of carboxylic acid groups (broad SMARTS) is 1. The number of cyclic esters (lactones) is 2. The highest BCUT2D eigenvalue weighted by Crippen LogP contribution is 2.21. The highest BCUT2D eigenvalue weighted by molar-refractivity contribution is 5.94. The average molecular weight is 263 g/mol. The molecule has 1 fully saturated rings. The van der Waals surface area contributed by atoms with Gasteiger partial charge in [-0.25, -0.2) is 9.59 Å². The Balaban J connectivity index is 2.05. The zero-order chi connectivity index (χ0) is 13.8. The molecule has 6 heteroatoms. The lowest BCUT2D eigenvalue weighted by Crippen LogP contribution is -2.48. The Kier molecular flexibility index (Phi) is 3.79. The SMILES string of the molecule is O=C(O)N[C@@H]1CC(Cc2ccccc2)C(=O)OC1=O. The van der Waals surface area contributed by atoms with Crippen molar-refractivity contribution in [2.45, 2.75) is 18.9 Å². The van der Waals surface area contributed by atoms with Gasteiger partial charge in [0, 0.05) is 0 Å². The second kappa shape index (κ2) is 5.51. The van der Waals surface area contributed by atoms with E-state index >= 15 is 0 Å². The minimum absolute atomic E-state index is 0.124. The Morgan fingerprint density at radius 2 is 1.95 bits per heavy atom. The molecule has 2 rings (SSSR count). The molecule has 0 aromatic heterocycles. The van der Waals surface area contributed by atoms with Crippen molar-refractivity contribution in [3.05, 3.63) is 35.9 Å². The van der Waals surface area contributed by atoms with E-state index in [9.17, 15) is 14.4 Å². The van der Waals surface area contributed by atoms with Crippen LogP contribution in [0.5, 0.6) is 0 Å². The minimum atomic E-state index is -1.31. The van der Waals surface area contributed by atoms with Crippen LogP contribution >= 0.6 is 0 Å². The maximum Gasteiger partial charge on any atom is 0.405 e. The highest BCUT2D eigenvalue weighted by atomic mass is 16.6. The number of hydrogen-bond acceptors (Lipinski definition) is 4. The Morgan fingerprint density at radius 1 is 1.26 bits per heavy atom. The molecule has 1 saturated heterocycles. The summed E-state index contributed by atoms with van der Waals surface area (Å²) in [7, 11) is 0. The van der Waals surface area contributed by atoms with Gasteiger partial charge in [-0.1, -0.05) is 30.3 Å². The van der Waals surface area contributed by atoms with Gasteiger partial charge in [-0.2, -0.15) is 0 Å². The molecule has 0 saturated carbocycles. The number of esters is 2. The van der Waals surface area contributed by atoms with E-state index in [-0.39, 0.29) is 6.42 Å². The minimum Gasteiger partial charge on any atom is -0.465 e. The van der Waals surface area contributed by atoms with E-state index in [0.717, 1.165) is 5.56 Å². The Bertz CT molecular complexity index is 499. The van der Waals surface area contributed by atoms with Crippen LogP contribution in [-0.4, -0.2) is 29.2 Å². The lowest BCUT2D eigenvalue weighted by molar-refractivity contribution is -0.169. The van der Waals surface area contributed by atoms with Crippen molar-refractivity contribution in [2.75, 3.05) is 0 Å². The van der Waals surface area contributed by atoms with Crippen LogP contribution < -0.4 is 5.32 Å². The molecular weight excluding hydrogens is 250 g/mol. The molecule has 19 heavy (non-hydrogen) atoms. The van der Waals surface area contributed by atoms with E-state index in [1.54, 1.807) is 0 Å². The van der Waals surface area contributed by atoms with Gasteiger partial charge < -0.3 is 15.2 Å². The first-order valence-electron chi connectivity index (χ1n) is 5.85. The molecule has 0 bridgehead atoms. The summed E-state index contributed by atoms with van der Waals surface area (Å²) in [5.74, 6) is -1.95. The summed E-state index contributed by atoms with van der Waals surface area (Å²) in [6.07, 6.45) is -0.765. The van der Waals surface area contributed by atoms with E-state index in [0.29, 0.717) is 6.42 Å². The predicted molar refractivity (Wildman–Crippen MR) is 64.3 cm³/mol. The number of hydrogen-bond donors (Lipinski definition) is 2. The van der Waals surface area contributed by atoms with Crippen LogP contribution in [0.3, 0.4) is 0 Å². The molecule has 1 aliphatic rings. The Hall–Kier alpha value is -2.37. The standard InChI is InChI=1S/C13H13NO5/c15-11-9(6-8-4-2-1-3-5-8)7-10(12(16)19-11)14-13(17)18/h1-5,9-10,14H,6-7H2,(H,17,18)/t9?,10-/m1/s1. The van der Waals surface area contributed by atoms with E-state index in [2.05, 4.69) is 10.1 Å². The van der Waals surface area contributed by atoms with Gasteiger partial charge in [-0.3, -0.25) is 4.79 Å². The summed E-state index contributed by atoms with van der Waals surface area (Å²) in [6, 6.07) is 8.31. The van der Waals surface area contributed by atoms with Crippen molar-refractivity contribution in [3.63, 3.8) is 0 Å². The van der Waals surface area contributed by atoms with Crippen LogP contribution in [0.2, 0.25) is 0 Å². The van der Waals surface area contributed by atoms with Gasteiger partial charge in [-0.15, -0.1) is 0 Å². The monoisotopic (exact) mass is 263 g/mol. The summed E-state index contributed by atoms with van der Waals surface area (Å²) in [5, 5.41) is 10.7. The number of rotatable bonds is 3. The molecule has 2 atom stereocenters. The summed E-state index contributed by atoms with van der Waals surface area (Å²) >= 11 is 0. The second-order valence-electron chi connectivity index (χ2n) is 4.36. The first-order valence-corrected chi connectivity index (χ1v) is 5.85. The Morgan fingerprint density at radius 3 is 2.58 bits per heavy atom. The van der Waals surface area contributed by atoms with Gasteiger partial charge in [-0.05, 0) is 18.4 Å². The highest BCUT2D eigenvalue weighted by Gasteiger charge is 2.37. The summed E-state index contributed by atoms with van der Waals surface area (Å²) in [5.41, 5.74) is 0.938. The molecule has 1 aliphatic heterocycles. The molecule has 2 N–H and O–H groups in total. The van der Waals surface area contributed by atoms with Crippen LogP contribution in [0, 0.1) is 5.92 Å². The molecule has 100 valence electrons. The van der Waals surface area contributed by atoms with Gasteiger partial charge in [0.15, 0.2) is 0 Å². The van der Waals surface area contributed by atoms with Crippen LogP contribution in [0.1, 0.15) is 12.0 Å². The third kappa shape index (κ3) is 3.31. The van der Waals surface area contributed by atoms with Crippen LogP contribution in [-0.2, 0) is 20.7 Å². The molecule has 0 aliphatic carbocycles. The van der Waals surface area contributed by atoms with Crippen LogP contribution in [0.15, 0.2) is 30.3 Å². The van der Waals surface area contributed by atoms with Crippen molar-refractivity contribution in [2.24, 2.45) is 5.92 Å².